The average molecular weight is 712 g/mol. The summed E-state index contributed by atoms with van der Waals surface area (Å²) in [4.78, 5) is 2.51. The van der Waals surface area contributed by atoms with Crippen LogP contribution in [0.25, 0.3) is 53.6 Å². The maximum atomic E-state index is 2.56. The van der Waals surface area contributed by atoms with E-state index in [1.165, 1.54) is 103 Å². The largest absolute Gasteiger partial charge is 0.310 e. The predicted molar refractivity (Wildman–Crippen MR) is 228 cm³/mol. The van der Waals surface area contributed by atoms with Gasteiger partial charge in [-0.25, -0.2) is 0 Å². The van der Waals surface area contributed by atoms with E-state index in [9.17, 15) is 0 Å². The molecule has 0 amide bonds. The second kappa shape index (κ2) is 11.8. The number of hydrogen-bond acceptors (Lipinski definition) is 2. The van der Waals surface area contributed by atoms with Gasteiger partial charge in [0.05, 0.1) is 5.69 Å². The first-order valence-corrected chi connectivity index (χ1v) is 20.8. The van der Waals surface area contributed by atoms with Crippen molar-refractivity contribution in [2.24, 2.45) is 23.7 Å². The minimum atomic E-state index is 0.167. The van der Waals surface area contributed by atoms with E-state index in [1.54, 1.807) is 11.1 Å². The van der Waals surface area contributed by atoms with E-state index in [1.807, 2.05) is 11.3 Å². The Morgan fingerprint density at radius 3 is 1.87 bits per heavy atom. The third-order valence-corrected chi connectivity index (χ3v) is 15.1. The molecule has 7 aromatic carbocycles. The van der Waals surface area contributed by atoms with E-state index in [2.05, 4.69) is 169 Å². The van der Waals surface area contributed by atoms with Gasteiger partial charge in [-0.05, 0) is 131 Å². The molecule has 5 aliphatic carbocycles. The molecule has 1 aromatic heterocycles. The Balaban J connectivity index is 1.03. The molecule has 4 bridgehead atoms. The van der Waals surface area contributed by atoms with Crippen LogP contribution in [0.2, 0.25) is 0 Å². The van der Waals surface area contributed by atoms with Crippen molar-refractivity contribution in [3.63, 3.8) is 0 Å². The van der Waals surface area contributed by atoms with E-state index >= 15 is 0 Å². The molecule has 13 rings (SSSR count). The van der Waals surface area contributed by atoms with Gasteiger partial charge in [-0.1, -0.05) is 127 Å². The lowest BCUT2D eigenvalue weighted by Gasteiger charge is -2.61. The molecule has 54 heavy (non-hydrogen) atoms. The molecule has 260 valence electrons. The number of fused-ring (bicyclic) bond motifs is 6. The number of hydrogen-bond donors (Lipinski definition) is 0. The molecule has 0 radical (unpaired) electrons. The van der Waals surface area contributed by atoms with Crippen LogP contribution in [0, 0.1) is 23.7 Å². The van der Waals surface area contributed by atoms with Crippen LogP contribution in [0.3, 0.4) is 0 Å². The van der Waals surface area contributed by atoms with Gasteiger partial charge in [0.1, 0.15) is 0 Å². The van der Waals surface area contributed by atoms with Gasteiger partial charge in [0, 0.05) is 42.5 Å². The molecule has 2 heteroatoms. The fraction of sp³-hybridized carbons (Fsp3) is 0.192. The zero-order valence-electron chi connectivity index (χ0n) is 30.3. The molecular formula is C52H41NS. The number of nitrogens with zero attached hydrogens (tertiary/aromatic N) is 1. The molecule has 4 fully saturated rings. The summed E-state index contributed by atoms with van der Waals surface area (Å²) in [6, 6.07) is 61.8. The fourth-order valence-corrected chi connectivity index (χ4v) is 13.2. The molecule has 4 saturated carbocycles. The zero-order chi connectivity index (χ0) is 35.4. The lowest BCUT2D eigenvalue weighted by molar-refractivity contribution is -0.0399. The van der Waals surface area contributed by atoms with Gasteiger partial charge in [-0.3, -0.25) is 0 Å². The second-order valence-electron chi connectivity index (χ2n) is 16.5. The smallest absolute Gasteiger partial charge is 0.0540 e. The Bertz CT molecular complexity index is 2710. The summed E-state index contributed by atoms with van der Waals surface area (Å²) in [6.45, 7) is 0. The maximum absolute atomic E-state index is 2.56. The van der Waals surface area contributed by atoms with Gasteiger partial charge in [0.15, 0.2) is 0 Å². The third kappa shape index (κ3) is 4.38. The van der Waals surface area contributed by atoms with E-state index in [4.69, 9.17) is 0 Å². The molecule has 0 saturated heterocycles. The monoisotopic (exact) mass is 711 g/mol. The Kier molecular flexibility index (Phi) is 6.75. The normalized spacial score (nSPS) is 23.3. The first-order valence-electron chi connectivity index (χ1n) is 19.9. The van der Waals surface area contributed by atoms with E-state index in [-0.39, 0.29) is 5.41 Å². The standard InChI is InChI=1S/C52H41NS/c1-2-11-35(12-3-1)41-13-5-8-19-49(41)53(39-23-21-36(22-24-39)42-16-10-17-45-44-15-6-9-20-50(44)54-51(42)45)40-25-26-48-46(32-40)43-14-4-7-18-47(43)52(48)37-28-33-27-34(30-37)31-38(52)29-33/h1-26,32-34,37-38H,27-31H2. The predicted octanol–water partition coefficient (Wildman–Crippen LogP) is 14.6. The average Bonchev–Trinajstić information content (AvgIpc) is 3.75. The van der Waals surface area contributed by atoms with Crippen LogP contribution in [0.1, 0.15) is 43.2 Å². The van der Waals surface area contributed by atoms with Crippen molar-refractivity contribution >= 4 is 48.6 Å². The molecule has 1 heterocycles. The zero-order valence-corrected chi connectivity index (χ0v) is 31.1. The highest BCUT2D eigenvalue weighted by Crippen LogP contribution is 2.69. The molecule has 0 atom stereocenters. The van der Waals surface area contributed by atoms with Crippen molar-refractivity contribution in [3.05, 3.63) is 175 Å². The molecule has 1 spiro atoms. The van der Waals surface area contributed by atoms with Crippen molar-refractivity contribution in [1.29, 1.82) is 0 Å². The van der Waals surface area contributed by atoms with Gasteiger partial charge < -0.3 is 4.90 Å². The quantitative estimate of drug-likeness (QED) is 0.172. The number of benzene rings is 7. The van der Waals surface area contributed by atoms with Gasteiger partial charge in [0.25, 0.3) is 0 Å². The highest BCUT2D eigenvalue weighted by Gasteiger charge is 2.61. The number of anilines is 3. The summed E-state index contributed by atoms with van der Waals surface area (Å²) in [6.07, 6.45) is 7.09. The Morgan fingerprint density at radius 2 is 1.06 bits per heavy atom. The Morgan fingerprint density at radius 1 is 0.444 bits per heavy atom. The highest BCUT2D eigenvalue weighted by molar-refractivity contribution is 7.26. The van der Waals surface area contributed by atoms with Crippen LogP contribution in [0.5, 0.6) is 0 Å². The van der Waals surface area contributed by atoms with Crippen LogP contribution in [0.15, 0.2) is 164 Å². The van der Waals surface area contributed by atoms with Crippen molar-refractivity contribution < 1.29 is 0 Å². The van der Waals surface area contributed by atoms with Crippen molar-refractivity contribution in [3.8, 4) is 33.4 Å². The lowest BCUT2D eigenvalue weighted by atomic mass is 9.43. The van der Waals surface area contributed by atoms with Crippen LogP contribution >= 0.6 is 11.3 Å². The van der Waals surface area contributed by atoms with Gasteiger partial charge >= 0.3 is 0 Å². The number of rotatable bonds is 5. The number of para-hydroxylation sites is 1. The molecule has 0 aliphatic heterocycles. The van der Waals surface area contributed by atoms with Crippen molar-refractivity contribution in [2.75, 3.05) is 4.90 Å². The summed E-state index contributed by atoms with van der Waals surface area (Å²) in [5.41, 5.74) is 14.9. The summed E-state index contributed by atoms with van der Waals surface area (Å²) < 4.78 is 2.70. The minimum Gasteiger partial charge on any atom is -0.310 e. The highest BCUT2D eigenvalue weighted by atomic mass is 32.1. The van der Waals surface area contributed by atoms with Crippen LogP contribution in [-0.2, 0) is 5.41 Å². The molecule has 0 unspecified atom stereocenters. The van der Waals surface area contributed by atoms with E-state index < -0.39 is 0 Å². The SMILES string of the molecule is c1ccc(-c2ccccc2N(c2ccc(-c3cccc4c3sc3ccccc34)cc2)c2ccc3c(c2)-c2ccccc2C32C3CC4CC(C3)CC2C4)cc1. The molecule has 8 aromatic rings. The molecule has 5 aliphatic rings. The fourth-order valence-electron chi connectivity index (χ4n) is 12.0. The first kappa shape index (κ1) is 31.0. The summed E-state index contributed by atoms with van der Waals surface area (Å²) in [7, 11) is 0. The Labute approximate surface area is 321 Å². The van der Waals surface area contributed by atoms with Crippen molar-refractivity contribution in [1.82, 2.24) is 0 Å². The van der Waals surface area contributed by atoms with Gasteiger partial charge in [-0.2, -0.15) is 0 Å². The Hall–Kier alpha value is -5.44. The van der Waals surface area contributed by atoms with E-state index in [0.29, 0.717) is 0 Å². The second-order valence-corrected chi connectivity index (χ2v) is 17.5. The summed E-state index contributed by atoms with van der Waals surface area (Å²) in [5, 5.41) is 2.68. The van der Waals surface area contributed by atoms with Gasteiger partial charge in [-0.15, -0.1) is 11.3 Å². The molecule has 0 N–H and O–H groups in total. The van der Waals surface area contributed by atoms with Crippen LogP contribution in [0.4, 0.5) is 17.1 Å². The van der Waals surface area contributed by atoms with Crippen LogP contribution < -0.4 is 4.90 Å². The molecule has 1 nitrogen and oxygen atoms in total. The summed E-state index contributed by atoms with van der Waals surface area (Å²) >= 11 is 1.90. The van der Waals surface area contributed by atoms with E-state index in [0.717, 1.165) is 23.7 Å². The lowest BCUT2D eigenvalue weighted by Crippen LogP contribution is -2.55. The molecular weight excluding hydrogens is 671 g/mol. The van der Waals surface area contributed by atoms with Crippen molar-refractivity contribution in [2.45, 2.75) is 37.5 Å². The number of thiophene rings is 1. The summed E-state index contributed by atoms with van der Waals surface area (Å²) in [5.74, 6) is 3.39. The van der Waals surface area contributed by atoms with Crippen LogP contribution in [-0.4, -0.2) is 0 Å². The topological polar surface area (TPSA) is 3.24 Å². The minimum absolute atomic E-state index is 0.167. The maximum Gasteiger partial charge on any atom is 0.0540 e. The van der Waals surface area contributed by atoms with Gasteiger partial charge in [0.2, 0.25) is 0 Å². The third-order valence-electron chi connectivity index (χ3n) is 13.9. The first-order chi connectivity index (χ1) is 26.7.